The van der Waals surface area contributed by atoms with Crippen LogP contribution in [-0.4, -0.2) is 46.8 Å². The maximum atomic E-state index is 13.8. The molecule has 0 bridgehead atoms. The number of anilines is 1. The summed E-state index contributed by atoms with van der Waals surface area (Å²) < 4.78 is 27.6. The lowest BCUT2D eigenvalue weighted by Crippen LogP contribution is -2.69. The van der Waals surface area contributed by atoms with Gasteiger partial charge in [0.05, 0.1) is 11.9 Å². The van der Waals surface area contributed by atoms with E-state index in [9.17, 15) is 13.5 Å². The van der Waals surface area contributed by atoms with E-state index in [0.717, 1.165) is 37.0 Å². The summed E-state index contributed by atoms with van der Waals surface area (Å²) in [6.07, 6.45) is 17.2. The molecule has 1 heterocycles. The lowest BCUT2D eigenvalue weighted by molar-refractivity contribution is -0.210. The number of hydrogen-bond acceptors (Lipinski definition) is 5. The zero-order valence-corrected chi connectivity index (χ0v) is 27.2. The van der Waals surface area contributed by atoms with Crippen molar-refractivity contribution in [1.29, 1.82) is 0 Å². The van der Waals surface area contributed by atoms with Gasteiger partial charge in [0.25, 0.3) is 0 Å². The third kappa shape index (κ3) is 4.59. The van der Waals surface area contributed by atoms with E-state index in [-0.39, 0.29) is 0 Å². The highest BCUT2D eigenvalue weighted by Crippen LogP contribution is 2.70. The van der Waals surface area contributed by atoms with E-state index >= 15 is 0 Å². The minimum absolute atomic E-state index is 0.360. The Morgan fingerprint density at radius 2 is 1.80 bits per heavy atom. The fourth-order valence-corrected chi connectivity index (χ4v) is 12.8. The molecule has 0 spiro atoms. The zero-order valence-electron chi connectivity index (χ0n) is 26.4. The van der Waals surface area contributed by atoms with Gasteiger partial charge in [0.15, 0.2) is 9.84 Å². The summed E-state index contributed by atoms with van der Waals surface area (Å²) in [7, 11) is -3.48. The van der Waals surface area contributed by atoms with E-state index in [0.29, 0.717) is 54.8 Å². The number of sulfone groups is 1. The highest BCUT2D eigenvalue weighted by Gasteiger charge is 2.68. The van der Waals surface area contributed by atoms with Crippen LogP contribution in [0.2, 0.25) is 0 Å². The molecule has 7 heteroatoms. The van der Waals surface area contributed by atoms with Crippen molar-refractivity contribution in [1.82, 2.24) is 9.97 Å². The van der Waals surface area contributed by atoms with Crippen molar-refractivity contribution in [3.8, 4) is 0 Å². The predicted octanol–water partition coefficient (Wildman–Crippen LogP) is 7.21. The van der Waals surface area contributed by atoms with Crippen molar-refractivity contribution < 1.29 is 13.5 Å². The van der Waals surface area contributed by atoms with E-state index < -0.39 is 25.7 Å². The SMILES string of the molecule is CCN(c1c[nH]cn1)C1(S(C)(=O)=O)CC[C@]2(O)CC[C@H]3[C@@H]4CC[C@H]([C@H](C)CCCC(C)C)[C@@]4(C)CC[C@@H]3[C@@]2(C)C1. The molecule has 2 N–H and O–H groups in total. The van der Waals surface area contributed by atoms with Crippen LogP contribution >= 0.6 is 0 Å². The lowest BCUT2D eigenvalue weighted by Gasteiger charge is -2.66. The molecular formula is C33H57N3O3S. The molecule has 1 aromatic rings. The molecule has 0 saturated heterocycles. The molecule has 228 valence electrons. The van der Waals surface area contributed by atoms with Crippen molar-refractivity contribution in [2.24, 2.45) is 46.3 Å². The van der Waals surface area contributed by atoms with Gasteiger partial charge in [0.2, 0.25) is 0 Å². The zero-order chi connectivity index (χ0) is 29.1. The molecule has 0 amide bonds. The van der Waals surface area contributed by atoms with Gasteiger partial charge in [-0.3, -0.25) is 0 Å². The van der Waals surface area contributed by atoms with Gasteiger partial charge in [-0.05, 0) is 106 Å². The standard InChI is InChI=1S/C33H57N3O3S/c1-8-36(29-20-34-22-35-29)33(40(7,38)39)19-18-32(37)17-14-25-27-13-12-26(24(4)11-9-10-23(2)3)30(27,5)16-15-28(25)31(32,6)21-33/h20,22-28,37H,8-19,21H2,1-7H3,(H,34,35)/t24-,25+,26-,27+,28+,30-,31-,32-,33?/m1/s1. The maximum absolute atomic E-state index is 13.8. The molecule has 6 nitrogen and oxygen atoms in total. The second-order valence-electron chi connectivity index (χ2n) is 15.5. The molecule has 0 aliphatic heterocycles. The first-order chi connectivity index (χ1) is 18.7. The summed E-state index contributed by atoms with van der Waals surface area (Å²) in [6.45, 7) is 14.7. The number of H-pyrrole nitrogens is 1. The number of aromatic nitrogens is 2. The van der Waals surface area contributed by atoms with Crippen LogP contribution in [0.3, 0.4) is 0 Å². The maximum Gasteiger partial charge on any atom is 0.171 e. The molecule has 1 unspecified atom stereocenters. The number of hydrogen-bond donors (Lipinski definition) is 2. The van der Waals surface area contributed by atoms with Gasteiger partial charge in [0.1, 0.15) is 10.7 Å². The number of imidazole rings is 1. The Morgan fingerprint density at radius 1 is 1.05 bits per heavy atom. The largest absolute Gasteiger partial charge is 0.389 e. The fraction of sp³-hybridized carbons (Fsp3) is 0.909. The third-order valence-corrected chi connectivity index (χ3v) is 15.2. The van der Waals surface area contributed by atoms with Crippen LogP contribution in [0.5, 0.6) is 0 Å². The van der Waals surface area contributed by atoms with Crippen LogP contribution in [-0.2, 0) is 9.84 Å². The highest BCUT2D eigenvalue weighted by molar-refractivity contribution is 7.92. The molecule has 5 rings (SSSR count). The average molecular weight is 576 g/mol. The van der Waals surface area contributed by atoms with Crippen LogP contribution in [0.4, 0.5) is 5.82 Å². The quantitative estimate of drug-likeness (QED) is 0.325. The van der Waals surface area contributed by atoms with Gasteiger partial charge >= 0.3 is 0 Å². The van der Waals surface area contributed by atoms with Crippen molar-refractivity contribution in [2.45, 2.75) is 129 Å². The molecule has 4 aliphatic rings. The Labute approximate surface area is 244 Å². The van der Waals surface area contributed by atoms with E-state index in [1.54, 1.807) is 6.33 Å². The molecule has 4 saturated carbocycles. The van der Waals surface area contributed by atoms with Gasteiger partial charge in [-0.2, -0.15) is 0 Å². The molecule has 4 fully saturated rings. The van der Waals surface area contributed by atoms with Crippen LogP contribution in [0.1, 0.15) is 119 Å². The second kappa shape index (κ2) is 10.6. The van der Waals surface area contributed by atoms with Gasteiger partial charge in [-0.1, -0.05) is 53.9 Å². The van der Waals surface area contributed by atoms with Crippen LogP contribution in [0.25, 0.3) is 0 Å². The number of nitrogens with zero attached hydrogens (tertiary/aromatic N) is 2. The first kappa shape index (κ1) is 30.4. The van der Waals surface area contributed by atoms with Crippen LogP contribution < -0.4 is 4.90 Å². The van der Waals surface area contributed by atoms with Crippen molar-refractivity contribution in [2.75, 3.05) is 17.7 Å². The Hall–Kier alpha value is -1.08. The van der Waals surface area contributed by atoms with Crippen molar-refractivity contribution in [3.63, 3.8) is 0 Å². The van der Waals surface area contributed by atoms with Crippen LogP contribution in [0.15, 0.2) is 12.5 Å². The Balaban J connectivity index is 1.45. The van der Waals surface area contributed by atoms with Crippen molar-refractivity contribution in [3.05, 3.63) is 12.5 Å². The van der Waals surface area contributed by atoms with Gasteiger partial charge in [-0.15, -0.1) is 0 Å². The summed E-state index contributed by atoms with van der Waals surface area (Å²) in [5, 5.41) is 12.3. The Morgan fingerprint density at radius 3 is 2.42 bits per heavy atom. The summed E-state index contributed by atoms with van der Waals surface area (Å²) in [4.78, 5) is 8.50. The monoisotopic (exact) mass is 575 g/mol. The molecule has 0 aromatic carbocycles. The third-order valence-electron chi connectivity index (χ3n) is 13.2. The lowest BCUT2D eigenvalue weighted by atomic mass is 9.42. The number of aliphatic hydroxyl groups is 1. The Kier molecular flexibility index (Phi) is 8.03. The van der Waals surface area contributed by atoms with Gasteiger partial charge < -0.3 is 15.0 Å². The second-order valence-corrected chi connectivity index (χ2v) is 17.8. The van der Waals surface area contributed by atoms with Gasteiger partial charge in [0, 0.05) is 24.4 Å². The summed E-state index contributed by atoms with van der Waals surface area (Å²) in [5.41, 5.74) is -0.871. The molecule has 1 aromatic heterocycles. The number of nitrogens with one attached hydrogen (secondary N) is 1. The van der Waals surface area contributed by atoms with E-state index in [1.165, 1.54) is 44.8 Å². The first-order valence-corrected chi connectivity index (χ1v) is 18.3. The van der Waals surface area contributed by atoms with Crippen LogP contribution in [0, 0.1) is 46.3 Å². The normalized spacial score (nSPS) is 42.2. The van der Waals surface area contributed by atoms with E-state index in [1.807, 2.05) is 18.0 Å². The number of fused-ring (bicyclic) bond motifs is 5. The molecule has 40 heavy (non-hydrogen) atoms. The molecular weight excluding hydrogens is 518 g/mol. The molecule has 4 aliphatic carbocycles. The molecule has 0 radical (unpaired) electrons. The average Bonchev–Trinajstić information content (AvgIpc) is 3.52. The Bertz CT molecular complexity index is 1140. The summed E-state index contributed by atoms with van der Waals surface area (Å²) >= 11 is 0. The summed E-state index contributed by atoms with van der Waals surface area (Å²) in [5.74, 6) is 4.65. The minimum Gasteiger partial charge on any atom is -0.389 e. The molecule has 9 atom stereocenters. The first-order valence-electron chi connectivity index (χ1n) is 16.4. The predicted molar refractivity (Wildman–Crippen MR) is 164 cm³/mol. The number of rotatable bonds is 9. The number of aromatic amines is 1. The van der Waals surface area contributed by atoms with E-state index in [2.05, 4.69) is 44.6 Å². The highest BCUT2D eigenvalue weighted by atomic mass is 32.2. The fourth-order valence-electron chi connectivity index (χ4n) is 11.1. The van der Waals surface area contributed by atoms with Crippen molar-refractivity contribution >= 4 is 15.7 Å². The smallest absolute Gasteiger partial charge is 0.171 e. The summed E-state index contributed by atoms with van der Waals surface area (Å²) in [6, 6.07) is 0. The minimum atomic E-state index is -3.48. The van der Waals surface area contributed by atoms with E-state index in [4.69, 9.17) is 0 Å². The topological polar surface area (TPSA) is 86.3 Å². The van der Waals surface area contributed by atoms with Gasteiger partial charge in [-0.25, -0.2) is 13.4 Å².